The van der Waals surface area contributed by atoms with Crippen molar-refractivity contribution >= 4 is 17.1 Å². The highest BCUT2D eigenvalue weighted by molar-refractivity contribution is 5.97. The van der Waals surface area contributed by atoms with Crippen molar-refractivity contribution in [3.05, 3.63) is 161 Å². The summed E-state index contributed by atoms with van der Waals surface area (Å²) in [5.41, 5.74) is 22.0. The monoisotopic (exact) mass is 826 g/mol. The lowest BCUT2D eigenvalue weighted by atomic mass is 9.27. The molecule has 1 nitrogen and oxygen atoms in total. The van der Waals surface area contributed by atoms with Crippen LogP contribution in [0.2, 0.25) is 0 Å². The average Bonchev–Trinajstić information content (AvgIpc) is 3.89. The molecular formula is C62H67N. The van der Waals surface area contributed by atoms with E-state index in [1.807, 2.05) is 0 Å². The molecule has 4 fully saturated rings. The van der Waals surface area contributed by atoms with Crippen molar-refractivity contribution in [1.29, 1.82) is 0 Å². The van der Waals surface area contributed by atoms with Crippen LogP contribution in [0.3, 0.4) is 0 Å². The summed E-state index contributed by atoms with van der Waals surface area (Å²) in [6.45, 7) is 24.2. The summed E-state index contributed by atoms with van der Waals surface area (Å²) in [6, 6.07) is 50.5. The van der Waals surface area contributed by atoms with Gasteiger partial charge in [0.25, 0.3) is 0 Å². The first kappa shape index (κ1) is 39.7. The first-order chi connectivity index (χ1) is 29.9. The summed E-state index contributed by atoms with van der Waals surface area (Å²) < 4.78 is 0. The Labute approximate surface area is 378 Å². The molecule has 2 spiro atoms. The molecule has 6 aromatic carbocycles. The van der Waals surface area contributed by atoms with Crippen LogP contribution >= 0.6 is 0 Å². The topological polar surface area (TPSA) is 3.24 Å². The van der Waals surface area contributed by atoms with Crippen molar-refractivity contribution in [1.82, 2.24) is 0 Å². The number of anilines is 3. The molecule has 1 heteroatoms. The molecule has 0 saturated heterocycles. The molecule has 6 unspecified atom stereocenters. The Balaban J connectivity index is 1.15. The summed E-state index contributed by atoms with van der Waals surface area (Å²) in [4.78, 5) is 2.64. The molecule has 12 rings (SSSR count). The summed E-state index contributed by atoms with van der Waals surface area (Å²) >= 11 is 0. The number of rotatable bonds is 5. The van der Waals surface area contributed by atoms with Gasteiger partial charge in [0.2, 0.25) is 0 Å². The van der Waals surface area contributed by atoms with Gasteiger partial charge in [-0.3, -0.25) is 0 Å². The maximum absolute atomic E-state index is 2.73. The van der Waals surface area contributed by atoms with E-state index in [1.165, 1.54) is 111 Å². The molecule has 6 aliphatic rings. The van der Waals surface area contributed by atoms with E-state index in [9.17, 15) is 0 Å². The highest BCUT2D eigenvalue weighted by Gasteiger charge is 2.84. The molecule has 0 amide bonds. The molecule has 0 heterocycles. The fourth-order valence-corrected chi connectivity index (χ4v) is 15.0. The van der Waals surface area contributed by atoms with Crippen LogP contribution in [0.4, 0.5) is 17.1 Å². The number of benzene rings is 6. The molecule has 6 aromatic rings. The number of hydrogen-bond donors (Lipinski definition) is 0. The lowest BCUT2D eigenvalue weighted by molar-refractivity contribution is -0.231. The van der Waals surface area contributed by atoms with Gasteiger partial charge < -0.3 is 4.90 Å². The molecule has 0 radical (unpaired) electrons. The molecule has 0 aliphatic heterocycles. The van der Waals surface area contributed by atoms with Crippen LogP contribution in [0.1, 0.15) is 141 Å². The van der Waals surface area contributed by atoms with E-state index in [0.717, 1.165) is 23.7 Å². The maximum atomic E-state index is 2.73. The van der Waals surface area contributed by atoms with Crippen LogP contribution in [0.5, 0.6) is 0 Å². The highest BCUT2D eigenvalue weighted by atomic mass is 15.1. The molecular weight excluding hydrogens is 759 g/mol. The minimum Gasteiger partial charge on any atom is -0.310 e. The Bertz CT molecular complexity index is 2810. The Morgan fingerprint density at radius 1 is 0.476 bits per heavy atom. The molecule has 2 bridgehead atoms. The second-order valence-electron chi connectivity index (χ2n) is 24.6. The van der Waals surface area contributed by atoms with E-state index in [4.69, 9.17) is 0 Å². The fourth-order valence-electron chi connectivity index (χ4n) is 15.0. The Kier molecular flexibility index (Phi) is 8.12. The summed E-state index contributed by atoms with van der Waals surface area (Å²) in [5.74, 6) is 3.31. The number of hydrogen-bond acceptors (Lipinski definition) is 1. The minimum absolute atomic E-state index is 0.0105. The molecule has 6 atom stereocenters. The first-order valence-corrected chi connectivity index (χ1v) is 24.5. The van der Waals surface area contributed by atoms with Gasteiger partial charge in [0, 0.05) is 22.5 Å². The predicted octanol–water partition coefficient (Wildman–Crippen LogP) is 16.8. The first-order valence-electron chi connectivity index (χ1n) is 24.5. The second-order valence-corrected chi connectivity index (χ2v) is 24.6. The third-order valence-electron chi connectivity index (χ3n) is 18.3. The molecule has 63 heavy (non-hydrogen) atoms. The van der Waals surface area contributed by atoms with Gasteiger partial charge in [-0.2, -0.15) is 0 Å². The zero-order chi connectivity index (χ0) is 43.6. The summed E-state index contributed by atoms with van der Waals surface area (Å²) in [7, 11) is 0. The van der Waals surface area contributed by atoms with Gasteiger partial charge in [0.1, 0.15) is 0 Å². The van der Waals surface area contributed by atoms with Gasteiger partial charge in [0.15, 0.2) is 0 Å². The largest absolute Gasteiger partial charge is 0.310 e. The maximum Gasteiger partial charge on any atom is 0.0471 e. The smallest absolute Gasteiger partial charge is 0.0471 e. The van der Waals surface area contributed by atoms with Crippen LogP contribution < -0.4 is 4.90 Å². The summed E-state index contributed by atoms with van der Waals surface area (Å²) in [5, 5.41) is 0. The SMILES string of the molecule is CC(C)(C)c1cc(-c2cc(N(c3ccc(-c4ccccc4)cc3)c3ccc4c(c3)C(C)(C)CCC4(C)C)cc3c2-c2ccccc2C32C3CC4CC5CC2C53C4)cc(C(C)(C)C)c1. The molecule has 0 N–H and O–H groups in total. The van der Waals surface area contributed by atoms with Gasteiger partial charge in [-0.15, -0.1) is 0 Å². The highest BCUT2D eigenvalue weighted by Crippen LogP contribution is 2.90. The fraction of sp³-hybridized carbons (Fsp3) is 0.419. The van der Waals surface area contributed by atoms with Gasteiger partial charge in [-0.05, 0) is 192 Å². The van der Waals surface area contributed by atoms with Crippen LogP contribution in [0, 0.1) is 29.1 Å². The molecule has 320 valence electrons. The van der Waals surface area contributed by atoms with Crippen molar-refractivity contribution in [2.45, 2.75) is 135 Å². The van der Waals surface area contributed by atoms with Crippen LogP contribution in [-0.2, 0) is 27.1 Å². The zero-order valence-electron chi connectivity index (χ0n) is 39.6. The quantitative estimate of drug-likeness (QED) is 0.167. The Morgan fingerprint density at radius 3 is 1.76 bits per heavy atom. The van der Waals surface area contributed by atoms with Gasteiger partial charge in [0.05, 0.1) is 0 Å². The Hall–Kier alpha value is -4.88. The second kappa shape index (κ2) is 12.9. The third kappa shape index (κ3) is 5.41. The normalized spacial score (nSPS) is 27.5. The number of fused-ring (bicyclic) bond motifs is 9. The van der Waals surface area contributed by atoms with E-state index in [0.29, 0.717) is 5.41 Å². The zero-order valence-corrected chi connectivity index (χ0v) is 39.6. The van der Waals surface area contributed by atoms with E-state index in [-0.39, 0.29) is 27.1 Å². The van der Waals surface area contributed by atoms with Crippen molar-refractivity contribution in [3.63, 3.8) is 0 Å². The lowest BCUT2D eigenvalue weighted by Crippen LogP contribution is -2.73. The van der Waals surface area contributed by atoms with Gasteiger partial charge in [-0.1, -0.05) is 160 Å². The average molecular weight is 826 g/mol. The Morgan fingerprint density at radius 2 is 1.08 bits per heavy atom. The van der Waals surface area contributed by atoms with Gasteiger partial charge >= 0.3 is 0 Å². The van der Waals surface area contributed by atoms with E-state index in [1.54, 1.807) is 11.1 Å². The van der Waals surface area contributed by atoms with E-state index in [2.05, 4.69) is 202 Å². The molecule has 0 aromatic heterocycles. The third-order valence-corrected chi connectivity index (χ3v) is 18.3. The standard InChI is InChI=1S/C62H67N/c1-57(2,3)42-30-41(31-43(32-42)58(4,5)6)49-34-47(36-53-56(49)48-18-14-15-19-50(48)62(53)54-29-38-28-44-33-55(62)61(44,54)37-38)63(45-22-20-40(21-23-45)39-16-12-11-13-17-39)46-24-25-51-52(35-46)60(9,10)27-26-59(51,7)8/h11-25,30-32,34-36,38,44,54-55H,26-29,33,37H2,1-10H3. The molecule has 4 saturated carbocycles. The van der Waals surface area contributed by atoms with Crippen molar-refractivity contribution in [3.8, 4) is 33.4 Å². The van der Waals surface area contributed by atoms with Crippen LogP contribution in [-0.4, -0.2) is 0 Å². The summed E-state index contributed by atoms with van der Waals surface area (Å²) in [6.07, 6.45) is 8.16. The predicted molar refractivity (Wildman–Crippen MR) is 266 cm³/mol. The van der Waals surface area contributed by atoms with Crippen molar-refractivity contribution < 1.29 is 0 Å². The van der Waals surface area contributed by atoms with Crippen LogP contribution in [0.25, 0.3) is 33.4 Å². The number of nitrogens with zero attached hydrogens (tertiary/aromatic N) is 1. The van der Waals surface area contributed by atoms with Crippen LogP contribution in [0.15, 0.2) is 127 Å². The minimum atomic E-state index is 0.0105. The van der Waals surface area contributed by atoms with E-state index < -0.39 is 0 Å². The molecule has 6 aliphatic carbocycles. The lowest BCUT2D eigenvalue weighted by Gasteiger charge is -2.76. The van der Waals surface area contributed by atoms with Crippen molar-refractivity contribution in [2.24, 2.45) is 29.1 Å². The van der Waals surface area contributed by atoms with Crippen molar-refractivity contribution in [2.75, 3.05) is 4.90 Å². The van der Waals surface area contributed by atoms with E-state index >= 15 is 0 Å². The van der Waals surface area contributed by atoms with Gasteiger partial charge in [-0.25, -0.2) is 0 Å².